The summed E-state index contributed by atoms with van der Waals surface area (Å²) in [6.45, 7) is 3.31. The normalized spacial score (nSPS) is 10.2. The molecule has 108 valence electrons. The maximum atomic E-state index is 12.2. The Morgan fingerprint density at radius 2 is 2.05 bits per heavy atom. The summed E-state index contributed by atoms with van der Waals surface area (Å²) in [6, 6.07) is 6.17. The van der Waals surface area contributed by atoms with Crippen LogP contribution in [-0.4, -0.2) is 15.8 Å². The molecule has 0 radical (unpaired) electrons. The van der Waals surface area contributed by atoms with Crippen molar-refractivity contribution >= 4 is 23.1 Å². The highest BCUT2D eigenvalue weighted by molar-refractivity contribution is 6.07. The molecule has 0 bridgehead atoms. The summed E-state index contributed by atoms with van der Waals surface area (Å²) in [4.78, 5) is 26.4. The van der Waals surface area contributed by atoms with Crippen LogP contribution >= 0.6 is 0 Å². The van der Waals surface area contributed by atoms with E-state index >= 15 is 0 Å². The molecule has 0 aliphatic heterocycles. The lowest BCUT2D eigenvalue weighted by molar-refractivity contribution is -0.385. The Morgan fingerprint density at radius 3 is 2.67 bits per heavy atom. The zero-order chi connectivity index (χ0) is 15.6. The van der Waals surface area contributed by atoms with Gasteiger partial charge in [-0.15, -0.1) is 0 Å². The zero-order valence-electron chi connectivity index (χ0n) is 11.6. The van der Waals surface area contributed by atoms with Crippen LogP contribution < -0.4 is 11.1 Å². The van der Waals surface area contributed by atoms with E-state index in [-0.39, 0.29) is 17.1 Å². The highest BCUT2D eigenvalue weighted by Gasteiger charge is 2.16. The van der Waals surface area contributed by atoms with Crippen LogP contribution in [0, 0.1) is 24.0 Å². The third-order valence-corrected chi connectivity index (χ3v) is 3.07. The summed E-state index contributed by atoms with van der Waals surface area (Å²) in [5.41, 5.74) is 7.50. The van der Waals surface area contributed by atoms with Crippen molar-refractivity contribution in [3.05, 3.63) is 57.3 Å². The molecule has 0 saturated heterocycles. The molecule has 7 nitrogen and oxygen atoms in total. The fraction of sp³-hybridized carbons (Fsp3) is 0.143. The summed E-state index contributed by atoms with van der Waals surface area (Å²) in [6.07, 6.45) is 1.49. The number of nitrogens with one attached hydrogen (secondary N) is 1. The standard InChI is InChI=1S/C14H14N4O3/c1-8-7-12(18(20)21)9(2)6-11(8)17-14(19)10-4-3-5-16-13(10)15/h3-7H,1-2H3,(H2,15,16)(H,17,19). The molecule has 0 spiro atoms. The zero-order valence-corrected chi connectivity index (χ0v) is 11.6. The predicted octanol–water partition coefficient (Wildman–Crippen LogP) is 2.44. The number of benzene rings is 1. The van der Waals surface area contributed by atoms with Gasteiger partial charge in [-0.1, -0.05) is 0 Å². The van der Waals surface area contributed by atoms with Crippen molar-refractivity contribution in [3.8, 4) is 0 Å². The van der Waals surface area contributed by atoms with E-state index in [1.165, 1.54) is 12.3 Å². The van der Waals surface area contributed by atoms with Gasteiger partial charge in [0.25, 0.3) is 11.6 Å². The number of anilines is 2. The summed E-state index contributed by atoms with van der Waals surface area (Å²) in [5, 5.41) is 13.6. The summed E-state index contributed by atoms with van der Waals surface area (Å²) in [7, 11) is 0. The number of hydrogen-bond acceptors (Lipinski definition) is 5. The molecule has 2 aromatic rings. The van der Waals surface area contributed by atoms with E-state index in [0.29, 0.717) is 16.8 Å². The van der Waals surface area contributed by atoms with Crippen LogP contribution in [-0.2, 0) is 0 Å². The molecular weight excluding hydrogens is 272 g/mol. The fourth-order valence-corrected chi connectivity index (χ4v) is 1.93. The monoisotopic (exact) mass is 286 g/mol. The van der Waals surface area contributed by atoms with Gasteiger partial charge in [-0.25, -0.2) is 4.98 Å². The lowest BCUT2D eigenvalue weighted by atomic mass is 10.1. The van der Waals surface area contributed by atoms with Crippen LogP contribution in [0.2, 0.25) is 0 Å². The van der Waals surface area contributed by atoms with Crippen molar-refractivity contribution in [3.63, 3.8) is 0 Å². The third-order valence-electron chi connectivity index (χ3n) is 3.07. The Balaban J connectivity index is 2.32. The lowest BCUT2D eigenvalue weighted by Gasteiger charge is -2.10. The molecular formula is C14H14N4O3. The van der Waals surface area contributed by atoms with Gasteiger partial charge in [0.05, 0.1) is 10.5 Å². The largest absolute Gasteiger partial charge is 0.383 e. The van der Waals surface area contributed by atoms with E-state index < -0.39 is 10.8 Å². The molecule has 0 aliphatic carbocycles. The molecule has 7 heteroatoms. The van der Waals surface area contributed by atoms with Crippen molar-refractivity contribution in [2.24, 2.45) is 0 Å². The molecule has 1 aromatic carbocycles. The minimum Gasteiger partial charge on any atom is -0.383 e. The Labute approximate surface area is 121 Å². The minimum absolute atomic E-state index is 0.0198. The second-order valence-electron chi connectivity index (χ2n) is 4.60. The number of aromatic nitrogens is 1. The van der Waals surface area contributed by atoms with Gasteiger partial charge in [-0.05, 0) is 37.6 Å². The van der Waals surface area contributed by atoms with Crippen LogP contribution in [0.1, 0.15) is 21.5 Å². The number of carbonyl (C=O) groups excluding carboxylic acids is 1. The first-order chi connectivity index (χ1) is 9.90. The van der Waals surface area contributed by atoms with Crippen molar-refractivity contribution < 1.29 is 9.72 Å². The number of rotatable bonds is 3. The molecule has 21 heavy (non-hydrogen) atoms. The molecule has 0 atom stereocenters. The number of nitro groups is 1. The van der Waals surface area contributed by atoms with Gasteiger partial charge in [-0.3, -0.25) is 14.9 Å². The molecule has 0 aliphatic rings. The average molecular weight is 286 g/mol. The van der Waals surface area contributed by atoms with Crippen LogP contribution in [0.5, 0.6) is 0 Å². The highest BCUT2D eigenvalue weighted by atomic mass is 16.6. The summed E-state index contributed by atoms with van der Waals surface area (Å²) < 4.78 is 0. The smallest absolute Gasteiger partial charge is 0.272 e. The van der Waals surface area contributed by atoms with E-state index in [1.807, 2.05) is 0 Å². The Hall–Kier alpha value is -2.96. The number of hydrogen-bond donors (Lipinski definition) is 2. The fourth-order valence-electron chi connectivity index (χ4n) is 1.93. The summed E-state index contributed by atoms with van der Waals surface area (Å²) in [5.74, 6) is -0.275. The third kappa shape index (κ3) is 2.97. The maximum absolute atomic E-state index is 12.2. The van der Waals surface area contributed by atoms with E-state index in [1.54, 1.807) is 32.0 Å². The number of amides is 1. The van der Waals surface area contributed by atoms with E-state index in [0.717, 1.165) is 0 Å². The molecule has 2 rings (SSSR count). The number of carbonyl (C=O) groups is 1. The van der Waals surface area contributed by atoms with E-state index in [4.69, 9.17) is 5.73 Å². The number of aryl methyl sites for hydroxylation is 2. The molecule has 1 amide bonds. The van der Waals surface area contributed by atoms with Crippen LogP contribution in [0.4, 0.5) is 17.2 Å². The van der Waals surface area contributed by atoms with Gasteiger partial charge in [0.1, 0.15) is 5.82 Å². The Bertz CT molecular complexity index is 728. The van der Waals surface area contributed by atoms with Gasteiger partial charge in [0.15, 0.2) is 0 Å². The highest BCUT2D eigenvalue weighted by Crippen LogP contribution is 2.26. The molecule has 0 fully saturated rings. The molecule has 0 unspecified atom stereocenters. The van der Waals surface area contributed by atoms with Crippen molar-refractivity contribution in [2.45, 2.75) is 13.8 Å². The first-order valence-corrected chi connectivity index (χ1v) is 6.17. The molecule has 1 heterocycles. The van der Waals surface area contributed by atoms with Gasteiger partial charge in [0.2, 0.25) is 0 Å². The first-order valence-electron chi connectivity index (χ1n) is 6.17. The number of pyridine rings is 1. The summed E-state index contributed by atoms with van der Waals surface area (Å²) >= 11 is 0. The van der Waals surface area contributed by atoms with Crippen molar-refractivity contribution in [2.75, 3.05) is 11.1 Å². The maximum Gasteiger partial charge on any atom is 0.272 e. The second kappa shape index (κ2) is 5.58. The van der Waals surface area contributed by atoms with E-state index in [2.05, 4.69) is 10.3 Å². The number of nitrogen functional groups attached to an aromatic ring is 1. The number of nitro benzene ring substituents is 1. The van der Waals surface area contributed by atoms with Crippen molar-refractivity contribution in [1.82, 2.24) is 4.98 Å². The van der Waals surface area contributed by atoms with Crippen LogP contribution in [0.3, 0.4) is 0 Å². The molecule has 1 aromatic heterocycles. The van der Waals surface area contributed by atoms with Gasteiger partial charge in [-0.2, -0.15) is 0 Å². The Morgan fingerprint density at radius 1 is 1.33 bits per heavy atom. The van der Waals surface area contributed by atoms with Gasteiger partial charge in [0, 0.05) is 23.5 Å². The predicted molar refractivity (Wildman–Crippen MR) is 79.2 cm³/mol. The Kier molecular flexibility index (Phi) is 3.84. The molecule has 3 N–H and O–H groups in total. The molecule has 0 saturated carbocycles. The number of nitrogens with zero attached hydrogens (tertiary/aromatic N) is 2. The van der Waals surface area contributed by atoms with E-state index in [9.17, 15) is 14.9 Å². The number of nitrogens with two attached hydrogens (primary N) is 1. The quantitative estimate of drug-likeness (QED) is 0.665. The SMILES string of the molecule is Cc1cc([N+](=O)[O-])c(C)cc1NC(=O)c1cccnc1N. The van der Waals surface area contributed by atoms with Gasteiger partial charge >= 0.3 is 0 Å². The second-order valence-corrected chi connectivity index (χ2v) is 4.60. The minimum atomic E-state index is -0.451. The van der Waals surface area contributed by atoms with Crippen LogP contribution in [0.15, 0.2) is 30.5 Å². The average Bonchev–Trinajstić information content (AvgIpc) is 2.42. The topological polar surface area (TPSA) is 111 Å². The van der Waals surface area contributed by atoms with Crippen molar-refractivity contribution in [1.29, 1.82) is 0 Å². The van der Waals surface area contributed by atoms with Crippen LogP contribution in [0.25, 0.3) is 0 Å². The first kappa shape index (κ1) is 14.4. The lowest BCUT2D eigenvalue weighted by Crippen LogP contribution is -2.15. The van der Waals surface area contributed by atoms with Gasteiger partial charge < -0.3 is 11.1 Å².